The van der Waals surface area contributed by atoms with Crippen LogP contribution in [-0.4, -0.2) is 25.7 Å². The van der Waals surface area contributed by atoms with Gasteiger partial charge in [0.05, 0.1) is 10.6 Å². The SMILES string of the molecule is Cc1sc(NC(=O)C(C)n2c(-c3cccs3)n[nH]c2=S)nc1-c1ccc(F)cc1. The van der Waals surface area contributed by atoms with Crippen molar-refractivity contribution in [1.82, 2.24) is 19.7 Å². The fourth-order valence-electron chi connectivity index (χ4n) is 2.90. The number of thiazole rings is 1. The number of aromatic nitrogens is 4. The Hall–Kier alpha value is -2.69. The largest absolute Gasteiger partial charge is 0.300 e. The van der Waals surface area contributed by atoms with Gasteiger partial charge in [-0.15, -0.1) is 22.7 Å². The third-order valence-electron chi connectivity index (χ3n) is 4.36. The lowest BCUT2D eigenvalue weighted by atomic mass is 10.1. The van der Waals surface area contributed by atoms with E-state index in [0.29, 0.717) is 15.7 Å². The Morgan fingerprint density at radius 3 is 2.76 bits per heavy atom. The lowest BCUT2D eigenvalue weighted by Crippen LogP contribution is -2.24. The zero-order chi connectivity index (χ0) is 20.5. The van der Waals surface area contributed by atoms with Crippen LogP contribution < -0.4 is 5.32 Å². The van der Waals surface area contributed by atoms with Crippen LogP contribution in [-0.2, 0) is 4.79 Å². The van der Waals surface area contributed by atoms with E-state index in [2.05, 4.69) is 20.5 Å². The minimum Gasteiger partial charge on any atom is -0.300 e. The van der Waals surface area contributed by atoms with Gasteiger partial charge in [0.2, 0.25) is 5.91 Å². The second kappa shape index (κ2) is 7.97. The normalized spacial score (nSPS) is 12.1. The van der Waals surface area contributed by atoms with Crippen LogP contribution in [0, 0.1) is 17.5 Å². The number of thiophene rings is 1. The number of hydrogen-bond acceptors (Lipinski definition) is 6. The molecule has 0 saturated heterocycles. The molecule has 2 N–H and O–H groups in total. The molecule has 0 aliphatic rings. The molecular formula is C19H16FN5OS3. The van der Waals surface area contributed by atoms with Gasteiger partial charge in [-0.2, -0.15) is 5.10 Å². The number of rotatable bonds is 5. The first-order chi connectivity index (χ1) is 13.9. The molecule has 10 heteroatoms. The molecule has 0 spiro atoms. The number of halogens is 1. The maximum Gasteiger partial charge on any atom is 0.249 e. The summed E-state index contributed by atoms with van der Waals surface area (Å²) >= 11 is 8.22. The van der Waals surface area contributed by atoms with Gasteiger partial charge in [-0.25, -0.2) is 9.37 Å². The number of nitrogens with zero attached hydrogens (tertiary/aromatic N) is 3. The molecule has 1 amide bonds. The van der Waals surface area contributed by atoms with Crippen LogP contribution in [0.4, 0.5) is 9.52 Å². The van der Waals surface area contributed by atoms with Crippen LogP contribution in [0.2, 0.25) is 0 Å². The summed E-state index contributed by atoms with van der Waals surface area (Å²) in [5.74, 6) is 0.0667. The molecule has 1 unspecified atom stereocenters. The minimum absolute atomic E-state index is 0.250. The summed E-state index contributed by atoms with van der Waals surface area (Å²) in [6, 6.07) is 9.38. The monoisotopic (exact) mass is 445 g/mol. The second-order valence-electron chi connectivity index (χ2n) is 6.30. The minimum atomic E-state index is -0.586. The Morgan fingerprint density at radius 2 is 2.07 bits per heavy atom. The zero-order valence-corrected chi connectivity index (χ0v) is 17.9. The van der Waals surface area contributed by atoms with E-state index in [0.717, 1.165) is 21.0 Å². The fourth-order valence-corrected chi connectivity index (χ4v) is 4.74. The van der Waals surface area contributed by atoms with Gasteiger partial charge in [-0.1, -0.05) is 6.07 Å². The van der Waals surface area contributed by atoms with Gasteiger partial charge in [0.25, 0.3) is 0 Å². The number of amides is 1. The molecule has 0 radical (unpaired) electrons. The summed E-state index contributed by atoms with van der Waals surface area (Å²) < 4.78 is 15.2. The average Bonchev–Trinajstić information content (AvgIpc) is 3.42. The van der Waals surface area contributed by atoms with E-state index in [4.69, 9.17) is 12.2 Å². The quantitative estimate of drug-likeness (QED) is 0.401. The van der Waals surface area contributed by atoms with Crippen molar-refractivity contribution in [1.29, 1.82) is 0 Å². The van der Waals surface area contributed by atoms with Gasteiger partial charge in [0.1, 0.15) is 11.9 Å². The highest BCUT2D eigenvalue weighted by Gasteiger charge is 2.23. The van der Waals surface area contributed by atoms with E-state index < -0.39 is 6.04 Å². The van der Waals surface area contributed by atoms with Crippen molar-refractivity contribution < 1.29 is 9.18 Å². The summed E-state index contributed by atoms with van der Waals surface area (Å²) in [7, 11) is 0. The Morgan fingerprint density at radius 1 is 1.31 bits per heavy atom. The van der Waals surface area contributed by atoms with Crippen LogP contribution in [0.25, 0.3) is 22.0 Å². The Balaban J connectivity index is 1.58. The molecule has 29 heavy (non-hydrogen) atoms. The maximum atomic E-state index is 13.2. The lowest BCUT2D eigenvalue weighted by molar-refractivity contribution is -0.118. The van der Waals surface area contributed by atoms with E-state index in [1.807, 2.05) is 24.4 Å². The molecule has 0 aliphatic heterocycles. The van der Waals surface area contributed by atoms with Crippen molar-refractivity contribution in [2.45, 2.75) is 19.9 Å². The number of H-pyrrole nitrogens is 1. The first-order valence-corrected chi connectivity index (χ1v) is 10.8. The standard InChI is InChI=1S/C19H16FN5OS3/c1-10(25-16(23-24-19(25)27)14-4-3-9-28-14)17(26)22-18-21-15(11(2)29-18)12-5-7-13(20)8-6-12/h3-10H,1-2H3,(H,24,27)(H,21,22,26). The van der Waals surface area contributed by atoms with Crippen LogP contribution in [0.3, 0.4) is 0 Å². The second-order valence-corrected chi connectivity index (χ2v) is 8.83. The van der Waals surface area contributed by atoms with Crippen LogP contribution in [0.5, 0.6) is 0 Å². The van der Waals surface area contributed by atoms with E-state index in [-0.39, 0.29) is 11.7 Å². The van der Waals surface area contributed by atoms with Gasteiger partial charge in [0, 0.05) is 10.4 Å². The van der Waals surface area contributed by atoms with Gasteiger partial charge in [0.15, 0.2) is 15.7 Å². The molecule has 3 heterocycles. The van der Waals surface area contributed by atoms with E-state index in [1.165, 1.54) is 34.8 Å². The van der Waals surface area contributed by atoms with Crippen molar-refractivity contribution in [3.63, 3.8) is 0 Å². The summed E-state index contributed by atoms with van der Waals surface area (Å²) in [6.45, 7) is 3.68. The number of aryl methyl sites for hydroxylation is 1. The first-order valence-electron chi connectivity index (χ1n) is 8.69. The number of nitrogens with one attached hydrogen (secondary N) is 2. The summed E-state index contributed by atoms with van der Waals surface area (Å²) in [5.41, 5.74) is 1.52. The van der Waals surface area contributed by atoms with Gasteiger partial charge in [-0.3, -0.25) is 14.5 Å². The zero-order valence-electron chi connectivity index (χ0n) is 15.5. The van der Waals surface area contributed by atoms with Crippen LogP contribution in [0.1, 0.15) is 17.8 Å². The Kier molecular flexibility index (Phi) is 5.39. The van der Waals surface area contributed by atoms with Crippen LogP contribution >= 0.6 is 34.9 Å². The highest BCUT2D eigenvalue weighted by molar-refractivity contribution is 7.71. The lowest BCUT2D eigenvalue weighted by Gasteiger charge is -2.14. The van der Waals surface area contributed by atoms with Gasteiger partial charge in [-0.05, 0) is 61.8 Å². The molecule has 3 aromatic heterocycles. The van der Waals surface area contributed by atoms with Crippen molar-refractivity contribution in [3.05, 3.63) is 57.2 Å². The molecular weight excluding hydrogens is 429 g/mol. The summed E-state index contributed by atoms with van der Waals surface area (Å²) in [5, 5.41) is 12.3. The summed E-state index contributed by atoms with van der Waals surface area (Å²) in [4.78, 5) is 19.2. The molecule has 4 rings (SSSR count). The molecule has 148 valence electrons. The van der Waals surface area contributed by atoms with Gasteiger partial charge < -0.3 is 5.32 Å². The molecule has 6 nitrogen and oxygen atoms in total. The highest BCUT2D eigenvalue weighted by Crippen LogP contribution is 2.31. The Labute approximate surface area is 179 Å². The first kappa shape index (κ1) is 19.6. The number of carbonyl (C=O) groups is 1. The molecule has 0 fully saturated rings. The third kappa shape index (κ3) is 3.91. The molecule has 0 aliphatic carbocycles. The predicted molar refractivity (Wildman–Crippen MR) is 116 cm³/mol. The predicted octanol–water partition coefficient (Wildman–Crippen LogP) is 5.44. The van der Waals surface area contributed by atoms with Crippen molar-refractivity contribution in [2.24, 2.45) is 0 Å². The molecule has 1 atom stereocenters. The topological polar surface area (TPSA) is 75.6 Å². The molecule has 0 bridgehead atoms. The number of benzene rings is 1. The molecule has 0 saturated carbocycles. The highest BCUT2D eigenvalue weighted by atomic mass is 32.1. The summed E-state index contributed by atoms with van der Waals surface area (Å²) in [6.07, 6.45) is 0. The van der Waals surface area contributed by atoms with E-state index >= 15 is 0 Å². The average molecular weight is 446 g/mol. The third-order valence-corrected chi connectivity index (χ3v) is 6.40. The number of hydrogen-bond donors (Lipinski definition) is 2. The van der Waals surface area contributed by atoms with E-state index in [9.17, 15) is 9.18 Å². The van der Waals surface area contributed by atoms with Crippen molar-refractivity contribution in [2.75, 3.05) is 5.32 Å². The van der Waals surface area contributed by atoms with Gasteiger partial charge >= 0.3 is 0 Å². The van der Waals surface area contributed by atoms with E-state index in [1.54, 1.807) is 23.6 Å². The Bertz CT molecular complexity index is 1210. The van der Waals surface area contributed by atoms with Crippen LogP contribution in [0.15, 0.2) is 41.8 Å². The number of anilines is 1. The number of aromatic amines is 1. The fraction of sp³-hybridized carbons (Fsp3) is 0.158. The smallest absolute Gasteiger partial charge is 0.249 e. The molecule has 1 aromatic carbocycles. The van der Waals surface area contributed by atoms with Crippen molar-refractivity contribution >= 4 is 45.9 Å². The van der Waals surface area contributed by atoms with Crippen molar-refractivity contribution in [3.8, 4) is 22.0 Å². The number of carbonyl (C=O) groups excluding carboxylic acids is 1. The molecule has 4 aromatic rings. The maximum absolute atomic E-state index is 13.2.